The van der Waals surface area contributed by atoms with E-state index in [1.54, 1.807) is 34.6 Å². The van der Waals surface area contributed by atoms with E-state index in [0.717, 1.165) is 19.3 Å². The smallest absolute Gasteiger partial charge is 0.411 e. The number of nitrogens with zero attached hydrogens (tertiary/aromatic N) is 1. The van der Waals surface area contributed by atoms with Crippen LogP contribution in [0, 0.1) is 5.92 Å². The molecule has 0 bridgehead atoms. The minimum absolute atomic E-state index is 0.324. The number of hydrogen-bond donors (Lipinski definition) is 1. The van der Waals surface area contributed by atoms with Crippen molar-refractivity contribution in [3.63, 3.8) is 0 Å². The Morgan fingerprint density at radius 1 is 1.25 bits per heavy atom. The molecule has 0 radical (unpaired) electrons. The summed E-state index contributed by atoms with van der Waals surface area (Å²) in [5.74, 6) is -0.565. The maximum Gasteiger partial charge on any atom is 0.411 e. The van der Waals surface area contributed by atoms with Gasteiger partial charge in [0.15, 0.2) is 0 Å². The lowest BCUT2D eigenvalue weighted by Crippen LogP contribution is -2.57. The van der Waals surface area contributed by atoms with Crippen molar-refractivity contribution in [2.45, 2.75) is 71.4 Å². The van der Waals surface area contributed by atoms with Gasteiger partial charge in [0.2, 0.25) is 0 Å². The summed E-state index contributed by atoms with van der Waals surface area (Å²) < 4.78 is 5.34. The van der Waals surface area contributed by atoms with Crippen LogP contribution in [0.5, 0.6) is 0 Å². The van der Waals surface area contributed by atoms with Gasteiger partial charge in [0.1, 0.15) is 11.1 Å². The highest BCUT2D eigenvalue weighted by Crippen LogP contribution is 2.36. The van der Waals surface area contributed by atoms with Gasteiger partial charge in [-0.2, -0.15) is 0 Å². The Balaban J connectivity index is 2.90. The molecule has 0 spiro atoms. The Bertz CT molecular complexity index is 371. The molecule has 0 aromatic heterocycles. The Hall–Kier alpha value is -1.26. The van der Waals surface area contributed by atoms with Gasteiger partial charge in [0, 0.05) is 6.54 Å². The molecule has 20 heavy (non-hydrogen) atoms. The van der Waals surface area contributed by atoms with Crippen LogP contribution >= 0.6 is 0 Å². The molecule has 0 heterocycles. The molecule has 1 aliphatic carbocycles. The normalized spacial score (nSPS) is 18.9. The highest BCUT2D eigenvalue weighted by Gasteiger charge is 2.45. The van der Waals surface area contributed by atoms with Gasteiger partial charge in [-0.1, -0.05) is 19.3 Å². The third-order valence-electron chi connectivity index (χ3n) is 3.90. The van der Waals surface area contributed by atoms with Gasteiger partial charge in [-0.05, 0) is 47.0 Å². The van der Waals surface area contributed by atoms with E-state index in [-0.39, 0.29) is 0 Å². The highest BCUT2D eigenvalue weighted by atomic mass is 16.6. The molecule has 1 N–H and O–H groups in total. The highest BCUT2D eigenvalue weighted by molar-refractivity contribution is 5.84. The summed E-state index contributed by atoms with van der Waals surface area (Å²) in [4.78, 5) is 25.3. The lowest BCUT2D eigenvalue weighted by Gasteiger charge is -2.41. The number of carboxylic acid groups (broad SMARTS) is 1. The molecule has 0 aliphatic heterocycles. The summed E-state index contributed by atoms with van der Waals surface area (Å²) in [5.41, 5.74) is -1.82. The van der Waals surface area contributed by atoms with Gasteiger partial charge >= 0.3 is 12.1 Å². The largest absolute Gasteiger partial charge is 0.480 e. The van der Waals surface area contributed by atoms with Crippen LogP contribution in [0.3, 0.4) is 0 Å². The molecule has 1 rings (SSSR count). The van der Waals surface area contributed by atoms with E-state index in [4.69, 9.17) is 4.74 Å². The molecule has 1 aliphatic rings. The molecule has 1 saturated carbocycles. The molecule has 0 aromatic rings. The van der Waals surface area contributed by atoms with Gasteiger partial charge < -0.3 is 9.84 Å². The van der Waals surface area contributed by atoms with E-state index < -0.39 is 23.2 Å². The van der Waals surface area contributed by atoms with Crippen molar-refractivity contribution in [2.75, 3.05) is 6.54 Å². The number of amides is 1. The fraction of sp³-hybridized carbons (Fsp3) is 0.867. The third kappa shape index (κ3) is 3.87. The van der Waals surface area contributed by atoms with Crippen LogP contribution in [0.1, 0.15) is 60.3 Å². The quantitative estimate of drug-likeness (QED) is 0.841. The fourth-order valence-corrected chi connectivity index (χ4v) is 2.57. The first-order valence-electron chi connectivity index (χ1n) is 7.34. The summed E-state index contributed by atoms with van der Waals surface area (Å²) in [6, 6.07) is 0. The Labute approximate surface area is 121 Å². The zero-order valence-electron chi connectivity index (χ0n) is 13.2. The van der Waals surface area contributed by atoms with E-state index in [1.165, 1.54) is 4.90 Å². The van der Waals surface area contributed by atoms with E-state index >= 15 is 0 Å². The van der Waals surface area contributed by atoms with Crippen LogP contribution in [0.15, 0.2) is 0 Å². The summed E-state index contributed by atoms with van der Waals surface area (Å²) in [6.45, 7) is 9.08. The SMILES string of the molecule is CCN(C(=O)OC(C)(C)C)C(C)(CC1CCC1)C(=O)O. The summed E-state index contributed by atoms with van der Waals surface area (Å²) in [6.07, 6.45) is 3.20. The molecule has 1 amide bonds. The molecule has 5 nitrogen and oxygen atoms in total. The number of likely N-dealkylation sites (N-methyl/N-ethyl adjacent to an activating group) is 1. The second-order valence-electron chi connectivity index (χ2n) is 6.80. The van der Waals surface area contributed by atoms with Gasteiger partial charge in [0.05, 0.1) is 0 Å². The molecule has 116 valence electrons. The predicted molar refractivity (Wildman–Crippen MR) is 76.6 cm³/mol. The van der Waals surface area contributed by atoms with Crippen LogP contribution < -0.4 is 0 Å². The number of carboxylic acids is 1. The molecule has 0 saturated heterocycles. The Morgan fingerprint density at radius 3 is 2.10 bits per heavy atom. The van der Waals surface area contributed by atoms with E-state index in [9.17, 15) is 14.7 Å². The fourth-order valence-electron chi connectivity index (χ4n) is 2.57. The minimum atomic E-state index is -1.19. The first-order valence-corrected chi connectivity index (χ1v) is 7.34. The summed E-state index contributed by atoms with van der Waals surface area (Å²) >= 11 is 0. The molecular formula is C15H27NO4. The standard InChI is InChI=1S/C15H27NO4/c1-6-16(13(19)20-14(2,3)4)15(5,12(17)18)10-11-8-7-9-11/h11H,6-10H2,1-5H3,(H,17,18). The number of hydrogen-bond acceptors (Lipinski definition) is 3. The van der Waals surface area contributed by atoms with Crippen LogP contribution in [-0.2, 0) is 9.53 Å². The monoisotopic (exact) mass is 285 g/mol. The molecule has 5 heteroatoms. The second-order valence-corrected chi connectivity index (χ2v) is 6.80. The average Bonchev–Trinajstić information content (AvgIpc) is 2.21. The predicted octanol–water partition coefficient (Wildman–Crippen LogP) is 3.28. The van der Waals surface area contributed by atoms with Crippen LogP contribution in [0.2, 0.25) is 0 Å². The van der Waals surface area contributed by atoms with E-state index in [0.29, 0.717) is 18.9 Å². The Morgan fingerprint density at radius 2 is 1.80 bits per heavy atom. The molecule has 1 unspecified atom stereocenters. The maximum atomic E-state index is 12.3. The molecule has 1 atom stereocenters. The average molecular weight is 285 g/mol. The van der Waals surface area contributed by atoms with Crippen molar-refractivity contribution >= 4 is 12.1 Å². The summed E-state index contributed by atoms with van der Waals surface area (Å²) in [7, 11) is 0. The van der Waals surface area contributed by atoms with Crippen molar-refractivity contribution in [2.24, 2.45) is 5.92 Å². The van der Waals surface area contributed by atoms with Crippen LogP contribution in [-0.4, -0.2) is 39.8 Å². The molecule has 1 fully saturated rings. The van der Waals surface area contributed by atoms with Gasteiger partial charge in [0.25, 0.3) is 0 Å². The minimum Gasteiger partial charge on any atom is -0.480 e. The lowest BCUT2D eigenvalue weighted by atomic mass is 9.76. The zero-order chi connectivity index (χ0) is 15.6. The Kier molecular flexibility index (Phi) is 5.05. The van der Waals surface area contributed by atoms with E-state index in [1.807, 2.05) is 0 Å². The molecular weight excluding hydrogens is 258 g/mol. The van der Waals surface area contributed by atoms with Crippen molar-refractivity contribution in [1.82, 2.24) is 4.90 Å². The van der Waals surface area contributed by atoms with Crippen LogP contribution in [0.4, 0.5) is 4.79 Å². The lowest BCUT2D eigenvalue weighted by molar-refractivity contribution is -0.151. The number of rotatable bonds is 5. The molecule has 0 aromatic carbocycles. The van der Waals surface area contributed by atoms with Crippen molar-refractivity contribution in [3.05, 3.63) is 0 Å². The number of carbonyl (C=O) groups excluding carboxylic acids is 1. The first-order chi connectivity index (χ1) is 9.10. The topological polar surface area (TPSA) is 66.8 Å². The number of carbonyl (C=O) groups is 2. The van der Waals surface area contributed by atoms with Crippen molar-refractivity contribution in [1.29, 1.82) is 0 Å². The second kappa shape index (κ2) is 6.02. The maximum absolute atomic E-state index is 12.3. The number of aliphatic carboxylic acids is 1. The third-order valence-corrected chi connectivity index (χ3v) is 3.90. The zero-order valence-corrected chi connectivity index (χ0v) is 13.2. The van der Waals surface area contributed by atoms with Gasteiger partial charge in [-0.3, -0.25) is 4.90 Å². The van der Waals surface area contributed by atoms with Crippen LogP contribution in [0.25, 0.3) is 0 Å². The summed E-state index contributed by atoms with van der Waals surface area (Å²) in [5, 5.41) is 9.60. The first kappa shape index (κ1) is 16.8. The number of ether oxygens (including phenoxy) is 1. The van der Waals surface area contributed by atoms with Crippen molar-refractivity contribution < 1.29 is 19.4 Å². The van der Waals surface area contributed by atoms with Crippen molar-refractivity contribution in [3.8, 4) is 0 Å². The van der Waals surface area contributed by atoms with Gasteiger partial charge in [-0.15, -0.1) is 0 Å². The van der Waals surface area contributed by atoms with E-state index in [2.05, 4.69) is 0 Å². The van der Waals surface area contributed by atoms with Gasteiger partial charge in [-0.25, -0.2) is 9.59 Å².